The van der Waals surface area contributed by atoms with Gasteiger partial charge in [-0.15, -0.1) is 11.3 Å². The van der Waals surface area contributed by atoms with Gasteiger partial charge in [0.25, 0.3) is 5.91 Å². The number of carbonyl (C=O) groups is 1. The number of ether oxygens (including phenoxy) is 1. The summed E-state index contributed by atoms with van der Waals surface area (Å²) >= 11 is 1.31. The molecule has 0 N–H and O–H groups in total. The minimum atomic E-state index is -4.13. The summed E-state index contributed by atoms with van der Waals surface area (Å²) in [6.07, 6.45) is 0. The molecule has 0 spiro atoms. The number of carbonyl (C=O) groups excluding carboxylic acids is 1. The third kappa shape index (κ3) is 5.21. The zero-order chi connectivity index (χ0) is 23.6. The first-order chi connectivity index (χ1) is 15.7. The Morgan fingerprint density at radius 1 is 1.09 bits per heavy atom. The molecule has 1 aliphatic rings. The minimum absolute atomic E-state index is 0.00157. The van der Waals surface area contributed by atoms with Gasteiger partial charge in [0.2, 0.25) is 10.0 Å². The second-order valence-corrected chi connectivity index (χ2v) is 10.3. The van der Waals surface area contributed by atoms with Gasteiger partial charge in [-0.2, -0.15) is 4.31 Å². The van der Waals surface area contributed by atoms with Crippen LogP contribution in [-0.4, -0.2) is 54.7 Å². The van der Waals surface area contributed by atoms with Crippen molar-refractivity contribution >= 4 is 27.3 Å². The predicted molar refractivity (Wildman–Crippen MR) is 119 cm³/mol. The zero-order valence-electron chi connectivity index (χ0n) is 17.7. The van der Waals surface area contributed by atoms with Crippen LogP contribution >= 0.6 is 11.3 Å². The largest absolute Gasteiger partial charge is 0.486 e. The first-order valence-electron chi connectivity index (χ1n) is 10.1. The first-order valence-corrected chi connectivity index (χ1v) is 12.4. The van der Waals surface area contributed by atoms with Crippen LogP contribution < -0.4 is 4.74 Å². The summed E-state index contributed by atoms with van der Waals surface area (Å²) in [6.45, 7) is 2.48. The second kappa shape index (κ2) is 9.54. The van der Waals surface area contributed by atoms with Gasteiger partial charge in [-0.25, -0.2) is 22.2 Å². The lowest BCUT2D eigenvalue weighted by molar-refractivity contribution is 0.0692. The van der Waals surface area contributed by atoms with Crippen LogP contribution in [0.5, 0.6) is 5.75 Å². The van der Waals surface area contributed by atoms with Gasteiger partial charge in [0.1, 0.15) is 39.6 Å². The van der Waals surface area contributed by atoms with Crippen LogP contribution in [0.3, 0.4) is 0 Å². The number of nitrogens with zero attached hydrogens (tertiary/aromatic N) is 3. The van der Waals surface area contributed by atoms with Crippen LogP contribution in [0.15, 0.2) is 52.7 Å². The molecule has 0 saturated carbocycles. The van der Waals surface area contributed by atoms with E-state index in [0.29, 0.717) is 16.8 Å². The Hall–Kier alpha value is -2.89. The number of rotatable bonds is 6. The van der Waals surface area contributed by atoms with E-state index in [1.54, 1.807) is 5.38 Å². The van der Waals surface area contributed by atoms with E-state index in [1.165, 1.54) is 16.2 Å². The SMILES string of the molecule is Cc1ccc(OCc2nc(C(=O)N3CCN(S(=O)(=O)c4ccc(F)cc4F)CC3)cs2)cc1. The van der Waals surface area contributed by atoms with Crippen molar-refractivity contribution in [2.75, 3.05) is 26.2 Å². The molecule has 0 bridgehead atoms. The van der Waals surface area contributed by atoms with Gasteiger partial charge in [-0.1, -0.05) is 17.7 Å². The summed E-state index contributed by atoms with van der Waals surface area (Å²) in [6, 6.07) is 9.95. The van der Waals surface area contributed by atoms with Crippen molar-refractivity contribution in [1.82, 2.24) is 14.2 Å². The van der Waals surface area contributed by atoms with Gasteiger partial charge in [-0.05, 0) is 31.2 Å². The number of thiazole rings is 1. The quantitative estimate of drug-likeness (QED) is 0.526. The van der Waals surface area contributed by atoms with Crippen molar-refractivity contribution in [3.63, 3.8) is 0 Å². The van der Waals surface area contributed by atoms with Crippen LogP contribution in [0.2, 0.25) is 0 Å². The van der Waals surface area contributed by atoms with Crippen molar-refractivity contribution in [2.24, 2.45) is 0 Å². The maximum atomic E-state index is 14.0. The van der Waals surface area contributed by atoms with Gasteiger partial charge in [-0.3, -0.25) is 4.79 Å². The fourth-order valence-electron chi connectivity index (χ4n) is 3.37. The van der Waals surface area contributed by atoms with Gasteiger partial charge in [0, 0.05) is 37.6 Å². The lowest BCUT2D eigenvalue weighted by Gasteiger charge is -2.33. The summed E-state index contributed by atoms with van der Waals surface area (Å²) in [5, 5.41) is 2.29. The Bertz CT molecular complexity index is 1250. The average Bonchev–Trinajstić information content (AvgIpc) is 3.27. The molecule has 0 unspecified atom stereocenters. The van der Waals surface area contributed by atoms with Crippen molar-refractivity contribution < 1.29 is 26.7 Å². The summed E-state index contributed by atoms with van der Waals surface area (Å²) in [7, 11) is -4.13. The third-order valence-electron chi connectivity index (χ3n) is 5.19. The lowest BCUT2D eigenvalue weighted by atomic mass is 10.2. The molecule has 1 saturated heterocycles. The highest BCUT2D eigenvalue weighted by atomic mass is 32.2. The molecule has 3 aromatic rings. The maximum absolute atomic E-state index is 14.0. The zero-order valence-corrected chi connectivity index (χ0v) is 19.3. The van der Waals surface area contributed by atoms with E-state index in [1.807, 2.05) is 31.2 Å². The lowest BCUT2D eigenvalue weighted by Crippen LogP contribution is -2.50. The fraction of sp³-hybridized carbons (Fsp3) is 0.273. The molecule has 7 nitrogen and oxygen atoms in total. The highest BCUT2D eigenvalue weighted by Gasteiger charge is 2.32. The highest BCUT2D eigenvalue weighted by Crippen LogP contribution is 2.22. The molecule has 0 aliphatic carbocycles. The Labute approximate surface area is 194 Å². The predicted octanol–water partition coefficient (Wildman–Crippen LogP) is 3.46. The van der Waals surface area contributed by atoms with Crippen molar-refractivity contribution in [3.8, 4) is 5.75 Å². The molecule has 174 valence electrons. The second-order valence-electron chi connectivity index (χ2n) is 7.50. The van der Waals surface area contributed by atoms with E-state index in [-0.39, 0.29) is 44.4 Å². The molecule has 0 atom stereocenters. The summed E-state index contributed by atoms with van der Waals surface area (Å²) in [5.41, 5.74) is 1.39. The van der Waals surface area contributed by atoms with E-state index in [2.05, 4.69) is 4.98 Å². The first kappa shape index (κ1) is 23.3. The molecule has 11 heteroatoms. The van der Waals surface area contributed by atoms with Gasteiger partial charge >= 0.3 is 0 Å². The van der Waals surface area contributed by atoms with E-state index >= 15 is 0 Å². The van der Waals surface area contributed by atoms with Crippen molar-refractivity contribution in [2.45, 2.75) is 18.4 Å². The average molecular weight is 494 g/mol. The van der Waals surface area contributed by atoms with Gasteiger partial charge < -0.3 is 9.64 Å². The smallest absolute Gasteiger partial charge is 0.273 e. The molecule has 0 radical (unpaired) electrons. The molecule has 1 amide bonds. The number of sulfonamides is 1. The third-order valence-corrected chi connectivity index (χ3v) is 7.95. The molecule has 1 fully saturated rings. The number of halogens is 2. The summed E-state index contributed by atoms with van der Waals surface area (Å²) < 4.78 is 59.3. The normalized spacial score (nSPS) is 14.9. The Balaban J connectivity index is 1.35. The number of hydrogen-bond acceptors (Lipinski definition) is 6. The van der Waals surface area contributed by atoms with E-state index < -0.39 is 26.6 Å². The van der Waals surface area contributed by atoms with Crippen molar-refractivity contribution in [1.29, 1.82) is 0 Å². The monoisotopic (exact) mass is 493 g/mol. The molecule has 4 rings (SSSR count). The van der Waals surface area contributed by atoms with Gasteiger partial charge in [0.05, 0.1) is 0 Å². The standard InChI is InChI=1S/C22H21F2N3O4S2/c1-15-2-5-17(6-3-15)31-13-21-25-19(14-32-21)22(28)26-8-10-27(11-9-26)33(29,30)20-7-4-16(23)12-18(20)24/h2-7,12,14H,8-11,13H2,1H3. The fourth-order valence-corrected chi connectivity index (χ4v) is 5.52. The van der Waals surface area contributed by atoms with E-state index in [9.17, 15) is 22.0 Å². The number of hydrogen-bond donors (Lipinski definition) is 0. The van der Waals surface area contributed by atoms with Crippen LogP contribution in [0, 0.1) is 18.6 Å². The molecular formula is C22H21F2N3O4S2. The Morgan fingerprint density at radius 3 is 2.45 bits per heavy atom. The maximum Gasteiger partial charge on any atom is 0.273 e. The molecule has 1 aliphatic heterocycles. The summed E-state index contributed by atoms with van der Waals surface area (Å²) in [4.78, 5) is 18.1. The minimum Gasteiger partial charge on any atom is -0.486 e. The van der Waals surface area contributed by atoms with Crippen LogP contribution in [0.1, 0.15) is 21.1 Å². The van der Waals surface area contributed by atoms with Crippen LogP contribution in [0.4, 0.5) is 8.78 Å². The number of amides is 1. The van der Waals surface area contributed by atoms with Crippen LogP contribution in [0.25, 0.3) is 0 Å². The number of aromatic nitrogens is 1. The van der Waals surface area contributed by atoms with E-state index in [0.717, 1.165) is 22.0 Å². The van der Waals surface area contributed by atoms with Crippen molar-refractivity contribution in [3.05, 3.63) is 75.7 Å². The Morgan fingerprint density at radius 2 is 1.79 bits per heavy atom. The van der Waals surface area contributed by atoms with Crippen LogP contribution in [-0.2, 0) is 16.6 Å². The van der Waals surface area contributed by atoms with E-state index in [4.69, 9.17) is 4.74 Å². The Kier molecular flexibility index (Phi) is 6.73. The molecule has 2 aromatic carbocycles. The summed E-state index contributed by atoms with van der Waals surface area (Å²) in [5.74, 6) is -1.60. The molecular weight excluding hydrogens is 472 g/mol. The number of benzene rings is 2. The topological polar surface area (TPSA) is 79.8 Å². The molecule has 2 heterocycles. The number of aryl methyl sites for hydroxylation is 1. The van der Waals surface area contributed by atoms with Gasteiger partial charge in [0.15, 0.2) is 0 Å². The molecule has 33 heavy (non-hydrogen) atoms. The number of piperazine rings is 1. The highest BCUT2D eigenvalue weighted by molar-refractivity contribution is 7.89. The molecule has 1 aromatic heterocycles.